The van der Waals surface area contributed by atoms with Crippen LogP contribution in [0.1, 0.15) is 42.5 Å². The van der Waals surface area contributed by atoms with Crippen LogP contribution in [0.3, 0.4) is 0 Å². The molecule has 0 saturated heterocycles. The molecule has 31 heavy (non-hydrogen) atoms. The highest BCUT2D eigenvalue weighted by molar-refractivity contribution is 7.15. The number of thiophene rings is 1. The Morgan fingerprint density at radius 1 is 1.16 bits per heavy atom. The Morgan fingerprint density at radius 2 is 2.06 bits per heavy atom. The van der Waals surface area contributed by atoms with Crippen molar-refractivity contribution in [1.82, 2.24) is 14.6 Å². The molecule has 3 heterocycles. The van der Waals surface area contributed by atoms with Gasteiger partial charge in [-0.15, -0.1) is 16.4 Å². The van der Waals surface area contributed by atoms with Crippen molar-refractivity contribution in [2.24, 2.45) is 0 Å². The third kappa shape index (κ3) is 5.03. The molecule has 0 fully saturated rings. The largest absolute Gasteiger partial charge is 0.493 e. The van der Waals surface area contributed by atoms with Gasteiger partial charge >= 0.3 is 0 Å². The number of methoxy groups -OCH3 is 1. The average molecular weight is 454 g/mol. The highest BCUT2D eigenvalue weighted by Crippen LogP contribution is 2.28. The average Bonchev–Trinajstić information content (AvgIpc) is 3.50. The van der Waals surface area contributed by atoms with Gasteiger partial charge in [-0.25, -0.2) is 0 Å². The summed E-state index contributed by atoms with van der Waals surface area (Å²) in [5, 5.41) is 6.34. The highest BCUT2D eigenvalue weighted by atomic mass is 32.1. The van der Waals surface area contributed by atoms with Crippen LogP contribution in [0.4, 0.5) is 0 Å². The third-order valence-electron chi connectivity index (χ3n) is 4.63. The molecule has 0 radical (unpaired) electrons. The summed E-state index contributed by atoms with van der Waals surface area (Å²) in [7, 11) is 1.62. The summed E-state index contributed by atoms with van der Waals surface area (Å²) < 4.78 is 13.2. The van der Waals surface area contributed by atoms with Gasteiger partial charge < -0.3 is 9.47 Å². The predicted octanol–water partition coefficient (Wildman–Crippen LogP) is 4.51. The number of fused-ring (bicyclic) bond motifs is 1. The van der Waals surface area contributed by atoms with Crippen molar-refractivity contribution >= 4 is 45.9 Å². The molecule has 1 aromatic carbocycles. The minimum atomic E-state index is -0.179. The molecule has 4 rings (SSSR count). The Kier molecular flexibility index (Phi) is 6.79. The zero-order valence-electron chi connectivity index (χ0n) is 17.4. The van der Waals surface area contributed by atoms with Crippen LogP contribution < -0.4 is 19.6 Å². The van der Waals surface area contributed by atoms with E-state index in [1.807, 2.05) is 53.9 Å². The third-order valence-corrected chi connectivity index (χ3v) is 6.43. The van der Waals surface area contributed by atoms with Gasteiger partial charge in [0.15, 0.2) is 17.3 Å². The monoisotopic (exact) mass is 453 g/mol. The number of hydrogen-bond donors (Lipinski definition) is 0. The van der Waals surface area contributed by atoms with Gasteiger partial charge in [-0.05, 0) is 53.8 Å². The number of unbranched alkanes of at least 4 members (excludes halogenated alkanes) is 2. The van der Waals surface area contributed by atoms with E-state index < -0.39 is 0 Å². The molecule has 0 atom stereocenters. The number of benzene rings is 1. The standard InChI is InChI=1S/C23H23N3O3S2/c1-3-4-5-12-29-18-10-8-16(14-19(18)28-2)15-20-22(27)26-23(31-20)24-21(25-26)11-9-17-7-6-13-30-17/h6-11,13-15H,3-5,12H2,1-2H3/b11-9+,20-15-. The van der Waals surface area contributed by atoms with E-state index in [2.05, 4.69) is 17.0 Å². The van der Waals surface area contributed by atoms with E-state index >= 15 is 0 Å². The zero-order chi connectivity index (χ0) is 21.6. The first-order valence-corrected chi connectivity index (χ1v) is 11.8. The van der Waals surface area contributed by atoms with Crippen LogP contribution >= 0.6 is 22.7 Å². The lowest BCUT2D eigenvalue weighted by atomic mass is 10.2. The molecule has 0 saturated carbocycles. The van der Waals surface area contributed by atoms with Crippen molar-refractivity contribution in [2.75, 3.05) is 13.7 Å². The molecule has 160 valence electrons. The van der Waals surface area contributed by atoms with Crippen molar-refractivity contribution in [1.29, 1.82) is 0 Å². The number of ether oxygens (including phenoxy) is 2. The van der Waals surface area contributed by atoms with E-state index in [4.69, 9.17) is 9.47 Å². The molecule has 0 N–H and O–H groups in total. The summed E-state index contributed by atoms with van der Waals surface area (Å²) >= 11 is 2.95. The minimum Gasteiger partial charge on any atom is -0.493 e. The number of nitrogens with zero attached hydrogens (tertiary/aromatic N) is 3. The molecule has 8 heteroatoms. The molecule has 0 bridgehead atoms. The molecule has 0 spiro atoms. The van der Waals surface area contributed by atoms with Gasteiger partial charge in [-0.2, -0.15) is 9.50 Å². The first-order valence-electron chi connectivity index (χ1n) is 10.1. The smallest absolute Gasteiger partial charge is 0.291 e. The highest BCUT2D eigenvalue weighted by Gasteiger charge is 2.10. The van der Waals surface area contributed by atoms with Crippen LogP contribution in [0.15, 0.2) is 40.5 Å². The van der Waals surface area contributed by atoms with Crippen LogP contribution in [0.5, 0.6) is 11.5 Å². The molecular formula is C23H23N3O3S2. The number of thiazole rings is 1. The molecule has 0 aliphatic carbocycles. The molecule has 3 aromatic heterocycles. The lowest BCUT2D eigenvalue weighted by molar-refractivity contribution is 0.286. The maximum Gasteiger partial charge on any atom is 0.291 e. The lowest BCUT2D eigenvalue weighted by Gasteiger charge is -2.11. The van der Waals surface area contributed by atoms with E-state index in [9.17, 15) is 4.79 Å². The molecule has 0 amide bonds. The Bertz CT molecular complexity index is 1290. The maximum absolute atomic E-state index is 12.8. The van der Waals surface area contributed by atoms with Crippen molar-refractivity contribution < 1.29 is 9.47 Å². The van der Waals surface area contributed by atoms with Gasteiger partial charge in [0, 0.05) is 4.88 Å². The molecule has 6 nitrogen and oxygen atoms in total. The Morgan fingerprint density at radius 3 is 2.81 bits per heavy atom. The van der Waals surface area contributed by atoms with Crippen LogP contribution in [0.2, 0.25) is 0 Å². The SMILES string of the molecule is CCCCCOc1ccc(/C=c2\sc3nc(/C=C/c4cccs4)nn3c2=O)cc1OC. The summed E-state index contributed by atoms with van der Waals surface area (Å²) in [6, 6.07) is 9.68. The van der Waals surface area contributed by atoms with Gasteiger partial charge in [-0.3, -0.25) is 4.79 Å². The Hall–Kier alpha value is -2.97. The lowest BCUT2D eigenvalue weighted by Crippen LogP contribution is -2.23. The summed E-state index contributed by atoms with van der Waals surface area (Å²) in [5.74, 6) is 1.88. The van der Waals surface area contributed by atoms with Crippen LogP contribution in [-0.4, -0.2) is 28.3 Å². The van der Waals surface area contributed by atoms with E-state index in [1.165, 1.54) is 15.9 Å². The van der Waals surface area contributed by atoms with Crippen LogP contribution in [0, 0.1) is 0 Å². The minimum absolute atomic E-state index is 0.179. The Labute approximate surface area is 188 Å². The first-order chi connectivity index (χ1) is 15.2. The van der Waals surface area contributed by atoms with Crippen molar-refractivity contribution in [3.63, 3.8) is 0 Å². The van der Waals surface area contributed by atoms with E-state index in [0.29, 0.717) is 33.4 Å². The fourth-order valence-electron chi connectivity index (χ4n) is 3.04. The van der Waals surface area contributed by atoms with Crippen molar-refractivity contribution in [3.05, 3.63) is 66.9 Å². The summed E-state index contributed by atoms with van der Waals surface area (Å²) in [5.41, 5.74) is 0.680. The van der Waals surface area contributed by atoms with Gasteiger partial charge in [-0.1, -0.05) is 43.2 Å². The number of rotatable bonds is 9. The second-order valence-corrected chi connectivity index (χ2v) is 8.88. The molecule has 0 unspecified atom stereocenters. The fraction of sp³-hybridized carbons (Fsp3) is 0.261. The zero-order valence-corrected chi connectivity index (χ0v) is 19.0. The molecule has 0 aliphatic heterocycles. The van der Waals surface area contributed by atoms with Crippen molar-refractivity contribution in [2.45, 2.75) is 26.2 Å². The van der Waals surface area contributed by atoms with Gasteiger partial charge in [0.25, 0.3) is 5.56 Å². The maximum atomic E-state index is 12.8. The van der Waals surface area contributed by atoms with Crippen LogP contribution in [-0.2, 0) is 0 Å². The van der Waals surface area contributed by atoms with Gasteiger partial charge in [0.05, 0.1) is 18.2 Å². The second-order valence-electron chi connectivity index (χ2n) is 6.89. The normalized spacial score (nSPS) is 12.3. The molecule has 4 aromatic rings. The van der Waals surface area contributed by atoms with Gasteiger partial charge in [0.1, 0.15) is 0 Å². The first kappa shape index (κ1) is 21.3. The second kappa shape index (κ2) is 9.89. The van der Waals surface area contributed by atoms with E-state index in [-0.39, 0.29) is 5.56 Å². The summed E-state index contributed by atoms with van der Waals surface area (Å²) in [6.07, 6.45) is 8.89. The molecular weight excluding hydrogens is 430 g/mol. The summed E-state index contributed by atoms with van der Waals surface area (Å²) in [4.78, 5) is 18.9. The number of hydrogen-bond acceptors (Lipinski definition) is 7. The Balaban J connectivity index is 1.56. The molecule has 0 aliphatic rings. The fourth-order valence-corrected chi connectivity index (χ4v) is 4.57. The predicted molar refractivity (Wildman–Crippen MR) is 127 cm³/mol. The topological polar surface area (TPSA) is 65.7 Å². The van der Waals surface area contributed by atoms with Crippen molar-refractivity contribution in [3.8, 4) is 11.5 Å². The van der Waals surface area contributed by atoms with Crippen LogP contribution in [0.25, 0.3) is 23.2 Å². The quantitative estimate of drug-likeness (QED) is 0.349. The van der Waals surface area contributed by atoms with E-state index in [1.54, 1.807) is 18.4 Å². The number of aromatic nitrogens is 3. The summed E-state index contributed by atoms with van der Waals surface area (Å²) in [6.45, 7) is 2.82. The van der Waals surface area contributed by atoms with Gasteiger partial charge in [0.2, 0.25) is 4.96 Å². The van der Waals surface area contributed by atoms with E-state index in [0.717, 1.165) is 29.7 Å².